The summed E-state index contributed by atoms with van der Waals surface area (Å²) in [6.07, 6.45) is -3.25. The van der Waals surface area contributed by atoms with E-state index in [1.165, 1.54) is 0 Å². The van der Waals surface area contributed by atoms with E-state index in [9.17, 15) is 22.8 Å². The van der Waals surface area contributed by atoms with Gasteiger partial charge in [-0.2, -0.15) is 13.2 Å². The van der Waals surface area contributed by atoms with Crippen molar-refractivity contribution in [1.29, 1.82) is 0 Å². The molecule has 0 unspecified atom stereocenters. The number of hydrogen-bond donors (Lipinski definition) is 2. The van der Waals surface area contributed by atoms with Gasteiger partial charge >= 0.3 is 18.0 Å². The third-order valence-corrected chi connectivity index (χ3v) is 4.08. The van der Waals surface area contributed by atoms with Crippen molar-refractivity contribution >= 4 is 11.8 Å². The average Bonchev–Trinajstić information content (AvgIpc) is 2.58. The number of halogens is 3. The second-order valence-electron chi connectivity index (χ2n) is 5.74. The van der Waals surface area contributed by atoms with Gasteiger partial charge in [0.2, 0.25) is 0 Å². The van der Waals surface area contributed by atoms with E-state index in [0.717, 1.165) is 5.56 Å². The smallest absolute Gasteiger partial charge is 0.381 e. The summed E-state index contributed by atoms with van der Waals surface area (Å²) >= 11 is 0. The summed E-state index contributed by atoms with van der Waals surface area (Å²) in [7, 11) is 0. The first-order valence-corrected chi connectivity index (χ1v) is 7.58. The normalized spacial score (nSPS) is 17.1. The number of amides is 2. The lowest BCUT2D eigenvalue weighted by atomic mass is 9.74. The van der Waals surface area contributed by atoms with Gasteiger partial charge in [-0.25, -0.2) is 0 Å². The highest BCUT2D eigenvalue weighted by Gasteiger charge is 2.35. The Morgan fingerprint density at radius 3 is 2.21 bits per heavy atom. The minimum absolute atomic E-state index is 0.165. The minimum Gasteiger partial charge on any atom is -0.381 e. The van der Waals surface area contributed by atoms with Crippen LogP contribution in [0.4, 0.5) is 13.2 Å². The lowest BCUT2D eigenvalue weighted by molar-refractivity contribution is -0.146. The summed E-state index contributed by atoms with van der Waals surface area (Å²) in [5.74, 6) is -2.36. The van der Waals surface area contributed by atoms with Crippen LogP contribution < -0.4 is 10.6 Å². The standard InChI is InChI=1S/C16H19F3N2O3/c17-16(18,19)11-21-14(23)13(22)20-10-15(6-8-24-9-7-15)12-4-2-1-3-5-12/h1-5H,6-11H2,(H,20,22)(H,21,23). The molecule has 0 aliphatic carbocycles. The maximum atomic E-state index is 12.1. The zero-order chi connectivity index (χ0) is 17.6. The van der Waals surface area contributed by atoms with Crippen molar-refractivity contribution < 1.29 is 27.5 Å². The van der Waals surface area contributed by atoms with E-state index in [1.54, 1.807) is 5.32 Å². The average molecular weight is 344 g/mol. The van der Waals surface area contributed by atoms with Gasteiger partial charge in [-0.15, -0.1) is 0 Å². The van der Waals surface area contributed by atoms with E-state index in [0.29, 0.717) is 26.1 Å². The van der Waals surface area contributed by atoms with Crippen LogP contribution >= 0.6 is 0 Å². The molecular weight excluding hydrogens is 325 g/mol. The van der Waals surface area contributed by atoms with Crippen molar-refractivity contribution in [2.75, 3.05) is 26.3 Å². The zero-order valence-electron chi connectivity index (χ0n) is 13.0. The van der Waals surface area contributed by atoms with Crippen molar-refractivity contribution in [2.45, 2.75) is 24.4 Å². The number of carbonyl (C=O) groups excluding carboxylic acids is 2. The molecule has 1 aliphatic heterocycles. The second-order valence-corrected chi connectivity index (χ2v) is 5.74. The van der Waals surface area contributed by atoms with Crippen molar-refractivity contribution in [2.24, 2.45) is 0 Å². The molecule has 24 heavy (non-hydrogen) atoms. The van der Waals surface area contributed by atoms with E-state index >= 15 is 0 Å². The van der Waals surface area contributed by atoms with Gasteiger partial charge in [0, 0.05) is 25.2 Å². The zero-order valence-corrected chi connectivity index (χ0v) is 13.0. The van der Waals surface area contributed by atoms with Crippen LogP contribution in [-0.4, -0.2) is 44.3 Å². The monoisotopic (exact) mass is 344 g/mol. The number of rotatable bonds is 4. The van der Waals surface area contributed by atoms with Crippen molar-refractivity contribution in [3.05, 3.63) is 35.9 Å². The fourth-order valence-electron chi connectivity index (χ4n) is 2.71. The number of benzene rings is 1. The first-order valence-electron chi connectivity index (χ1n) is 7.58. The molecule has 0 aromatic heterocycles. The summed E-state index contributed by atoms with van der Waals surface area (Å²) in [4.78, 5) is 23.2. The van der Waals surface area contributed by atoms with Gasteiger partial charge in [0.15, 0.2) is 0 Å². The van der Waals surface area contributed by atoms with E-state index < -0.39 is 24.5 Å². The highest BCUT2D eigenvalue weighted by Crippen LogP contribution is 2.34. The topological polar surface area (TPSA) is 67.4 Å². The molecule has 8 heteroatoms. The molecule has 0 bridgehead atoms. The predicted octanol–water partition coefficient (Wildman–Crippen LogP) is 1.53. The summed E-state index contributed by atoms with van der Waals surface area (Å²) in [6.45, 7) is -0.328. The van der Waals surface area contributed by atoms with E-state index in [1.807, 2.05) is 30.3 Å². The van der Waals surface area contributed by atoms with Crippen molar-refractivity contribution in [3.8, 4) is 0 Å². The Bertz CT molecular complexity index is 570. The highest BCUT2D eigenvalue weighted by atomic mass is 19.4. The van der Waals surface area contributed by atoms with Crippen LogP contribution in [0.2, 0.25) is 0 Å². The van der Waals surface area contributed by atoms with Gasteiger partial charge in [-0.05, 0) is 18.4 Å². The lowest BCUT2D eigenvalue weighted by Gasteiger charge is -2.37. The fraction of sp³-hybridized carbons (Fsp3) is 0.500. The van der Waals surface area contributed by atoms with Crippen LogP contribution in [0.5, 0.6) is 0 Å². The summed E-state index contributed by atoms with van der Waals surface area (Å²) in [5, 5.41) is 4.02. The third kappa shape index (κ3) is 4.95. The Hall–Kier alpha value is -2.09. The Morgan fingerprint density at radius 1 is 1.04 bits per heavy atom. The molecule has 1 saturated heterocycles. The van der Waals surface area contributed by atoms with Gasteiger partial charge in [-0.1, -0.05) is 30.3 Å². The Labute approximate surface area is 137 Å². The molecule has 2 rings (SSSR count). The number of carbonyl (C=O) groups is 2. The van der Waals surface area contributed by atoms with Crippen LogP contribution in [0.15, 0.2) is 30.3 Å². The molecule has 1 aliphatic rings. The molecule has 0 radical (unpaired) electrons. The molecular formula is C16H19F3N2O3. The van der Waals surface area contributed by atoms with Gasteiger partial charge in [0.1, 0.15) is 6.54 Å². The van der Waals surface area contributed by atoms with E-state index in [4.69, 9.17) is 4.74 Å². The van der Waals surface area contributed by atoms with Gasteiger partial charge in [0.25, 0.3) is 0 Å². The van der Waals surface area contributed by atoms with Crippen LogP contribution in [0.25, 0.3) is 0 Å². The first kappa shape index (κ1) is 18.3. The van der Waals surface area contributed by atoms with Crippen LogP contribution in [0.3, 0.4) is 0 Å². The fourth-order valence-corrected chi connectivity index (χ4v) is 2.71. The molecule has 0 saturated carbocycles. The second kappa shape index (κ2) is 7.65. The van der Waals surface area contributed by atoms with Gasteiger partial charge < -0.3 is 15.4 Å². The maximum absolute atomic E-state index is 12.1. The summed E-state index contributed by atoms with van der Waals surface area (Å²) < 4.78 is 41.6. The predicted molar refractivity (Wildman–Crippen MR) is 80.2 cm³/mol. The number of hydrogen-bond acceptors (Lipinski definition) is 3. The van der Waals surface area contributed by atoms with Gasteiger partial charge in [-0.3, -0.25) is 9.59 Å². The molecule has 0 atom stereocenters. The molecule has 5 nitrogen and oxygen atoms in total. The van der Waals surface area contributed by atoms with Gasteiger partial charge in [0.05, 0.1) is 0 Å². The Kier molecular flexibility index (Phi) is 5.82. The van der Waals surface area contributed by atoms with Crippen LogP contribution in [0.1, 0.15) is 18.4 Å². The Balaban J connectivity index is 1.98. The minimum atomic E-state index is -4.55. The molecule has 1 aromatic rings. The van der Waals surface area contributed by atoms with Crippen molar-refractivity contribution in [3.63, 3.8) is 0 Å². The molecule has 1 heterocycles. The molecule has 2 amide bonds. The third-order valence-electron chi connectivity index (χ3n) is 4.08. The summed E-state index contributed by atoms with van der Waals surface area (Å²) in [6, 6.07) is 9.50. The largest absolute Gasteiger partial charge is 0.405 e. The summed E-state index contributed by atoms with van der Waals surface area (Å²) in [5.41, 5.74) is 0.615. The first-order chi connectivity index (χ1) is 11.3. The molecule has 1 fully saturated rings. The number of nitrogens with one attached hydrogen (secondary N) is 2. The molecule has 0 spiro atoms. The Morgan fingerprint density at radius 2 is 1.62 bits per heavy atom. The quantitative estimate of drug-likeness (QED) is 0.814. The SMILES string of the molecule is O=C(NCC(F)(F)F)C(=O)NCC1(c2ccccc2)CCOCC1. The van der Waals surface area contributed by atoms with Crippen LogP contribution in [-0.2, 0) is 19.7 Å². The van der Waals surface area contributed by atoms with E-state index in [-0.39, 0.29) is 12.0 Å². The highest BCUT2D eigenvalue weighted by molar-refractivity contribution is 6.35. The van der Waals surface area contributed by atoms with E-state index in [2.05, 4.69) is 5.32 Å². The van der Waals surface area contributed by atoms with Crippen LogP contribution in [0, 0.1) is 0 Å². The molecule has 2 N–H and O–H groups in total. The maximum Gasteiger partial charge on any atom is 0.405 e. The molecule has 132 valence electrons. The van der Waals surface area contributed by atoms with Crippen molar-refractivity contribution in [1.82, 2.24) is 10.6 Å². The lowest BCUT2D eigenvalue weighted by Crippen LogP contribution is -2.49. The molecule has 1 aromatic carbocycles. The number of alkyl halides is 3. The number of ether oxygens (including phenoxy) is 1.